The molecule has 3 rings (SSSR count). The molecule has 0 spiro atoms. The van der Waals surface area contributed by atoms with Gasteiger partial charge < -0.3 is 0 Å². The van der Waals surface area contributed by atoms with Crippen LogP contribution in [0.3, 0.4) is 0 Å². The standard InChI is InChI=1S/C16H17N3O/c1-2-12-8-9-14-10-17-11-19(14)16(12)15(18-20)13-6-4-3-5-7-13/h1,8-11,13,15H,3-7H2. The molecule has 0 aromatic carbocycles. The Morgan fingerprint density at radius 3 is 2.85 bits per heavy atom. The second-order valence-corrected chi connectivity index (χ2v) is 5.41. The van der Waals surface area contributed by atoms with E-state index >= 15 is 0 Å². The van der Waals surface area contributed by atoms with E-state index in [0.717, 1.165) is 29.6 Å². The Balaban J connectivity index is 2.12. The predicted octanol–water partition coefficient (Wildman–Crippen LogP) is 3.70. The van der Waals surface area contributed by atoms with Gasteiger partial charge in [0.1, 0.15) is 6.04 Å². The summed E-state index contributed by atoms with van der Waals surface area (Å²) in [5.74, 6) is 2.98. The summed E-state index contributed by atoms with van der Waals surface area (Å²) < 4.78 is 1.91. The van der Waals surface area contributed by atoms with Gasteiger partial charge in [0, 0.05) is 5.56 Å². The fourth-order valence-electron chi connectivity index (χ4n) is 3.25. The van der Waals surface area contributed by atoms with Gasteiger partial charge in [-0.2, -0.15) is 4.91 Å². The maximum absolute atomic E-state index is 11.5. The smallest absolute Gasteiger partial charge is 0.136 e. The van der Waals surface area contributed by atoms with Crippen molar-refractivity contribution in [2.24, 2.45) is 11.1 Å². The highest BCUT2D eigenvalue weighted by Crippen LogP contribution is 2.38. The number of imidazole rings is 1. The van der Waals surface area contributed by atoms with Crippen LogP contribution in [0.2, 0.25) is 0 Å². The van der Waals surface area contributed by atoms with Crippen LogP contribution in [-0.2, 0) is 0 Å². The Bertz CT molecular complexity index is 662. The van der Waals surface area contributed by atoms with Gasteiger partial charge in [-0.05, 0) is 30.9 Å². The number of aromatic nitrogens is 2. The van der Waals surface area contributed by atoms with E-state index in [9.17, 15) is 4.91 Å². The lowest BCUT2D eigenvalue weighted by Crippen LogP contribution is -2.18. The first-order chi connectivity index (χ1) is 9.85. The van der Waals surface area contributed by atoms with Crippen LogP contribution < -0.4 is 0 Å². The van der Waals surface area contributed by atoms with Crippen molar-refractivity contribution < 1.29 is 0 Å². The van der Waals surface area contributed by atoms with Crippen molar-refractivity contribution >= 4 is 5.52 Å². The molecule has 0 radical (unpaired) electrons. The molecule has 0 saturated heterocycles. The van der Waals surface area contributed by atoms with E-state index in [1.165, 1.54) is 19.3 Å². The van der Waals surface area contributed by atoms with Crippen molar-refractivity contribution in [3.05, 3.63) is 40.8 Å². The molecule has 1 saturated carbocycles. The van der Waals surface area contributed by atoms with Gasteiger partial charge in [0.05, 0.1) is 23.7 Å². The first-order valence-corrected chi connectivity index (χ1v) is 7.09. The average molecular weight is 267 g/mol. The maximum atomic E-state index is 11.5. The summed E-state index contributed by atoms with van der Waals surface area (Å²) in [6, 6.07) is 3.43. The lowest BCUT2D eigenvalue weighted by atomic mass is 9.82. The molecule has 0 N–H and O–H groups in total. The van der Waals surface area contributed by atoms with Crippen LogP contribution in [0, 0.1) is 23.2 Å². The molecule has 4 heteroatoms. The zero-order valence-electron chi connectivity index (χ0n) is 11.3. The molecule has 1 atom stereocenters. The summed E-state index contributed by atoms with van der Waals surface area (Å²) in [4.78, 5) is 15.6. The van der Waals surface area contributed by atoms with Gasteiger partial charge in [-0.3, -0.25) is 4.40 Å². The van der Waals surface area contributed by atoms with Crippen molar-refractivity contribution in [3.63, 3.8) is 0 Å². The summed E-state index contributed by atoms with van der Waals surface area (Å²) in [7, 11) is 0. The number of nitroso groups, excluding NO2 is 1. The van der Waals surface area contributed by atoms with E-state index in [1.807, 2.05) is 16.5 Å². The fourth-order valence-corrected chi connectivity index (χ4v) is 3.25. The minimum Gasteiger partial charge on any atom is -0.300 e. The second kappa shape index (κ2) is 5.46. The van der Waals surface area contributed by atoms with Crippen LogP contribution in [0.1, 0.15) is 49.4 Å². The summed E-state index contributed by atoms with van der Waals surface area (Å²) in [5, 5.41) is 3.43. The maximum Gasteiger partial charge on any atom is 0.136 e. The molecular weight excluding hydrogens is 250 g/mol. The van der Waals surface area contributed by atoms with Crippen molar-refractivity contribution in [2.75, 3.05) is 0 Å². The van der Waals surface area contributed by atoms with Crippen LogP contribution in [0.5, 0.6) is 0 Å². The Kier molecular flexibility index (Phi) is 3.51. The number of hydrogen-bond donors (Lipinski definition) is 0. The molecule has 20 heavy (non-hydrogen) atoms. The monoisotopic (exact) mass is 267 g/mol. The van der Waals surface area contributed by atoms with Crippen LogP contribution in [0.25, 0.3) is 5.52 Å². The molecule has 2 aromatic rings. The van der Waals surface area contributed by atoms with Gasteiger partial charge in [-0.25, -0.2) is 4.98 Å². The number of hydrogen-bond acceptors (Lipinski definition) is 3. The Morgan fingerprint density at radius 1 is 1.35 bits per heavy atom. The van der Waals surface area contributed by atoms with Crippen LogP contribution >= 0.6 is 0 Å². The van der Waals surface area contributed by atoms with Crippen LogP contribution in [0.15, 0.2) is 29.8 Å². The Hall–Kier alpha value is -2.15. The second-order valence-electron chi connectivity index (χ2n) is 5.41. The van der Waals surface area contributed by atoms with Crippen molar-refractivity contribution in [1.82, 2.24) is 9.38 Å². The molecule has 102 valence electrons. The van der Waals surface area contributed by atoms with Crippen LogP contribution in [0.4, 0.5) is 0 Å². The topological polar surface area (TPSA) is 46.7 Å². The molecule has 0 amide bonds. The third-order valence-electron chi connectivity index (χ3n) is 4.27. The molecule has 2 aromatic heterocycles. The quantitative estimate of drug-likeness (QED) is 0.628. The van der Waals surface area contributed by atoms with E-state index in [1.54, 1.807) is 12.5 Å². The minimum absolute atomic E-state index is 0.293. The van der Waals surface area contributed by atoms with E-state index < -0.39 is 0 Å². The highest BCUT2D eigenvalue weighted by molar-refractivity contribution is 5.52. The third-order valence-corrected chi connectivity index (χ3v) is 4.27. The molecule has 4 nitrogen and oxygen atoms in total. The molecule has 2 heterocycles. The molecule has 0 bridgehead atoms. The first kappa shape index (κ1) is 12.9. The van der Waals surface area contributed by atoms with E-state index in [0.29, 0.717) is 5.92 Å². The van der Waals surface area contributed by atoms with Gasteiger partial charge in [0.25, 0.3) is 0 Å². The Labute approximate surface area is 118 Å². The van der Waals surface area contributed by atoms with E-state index in [-0.39, 0.29) is 6.04 Å². The van der Waals surface area contributed by atoms with E-state index in [4.69, 9.17) is 6.42 Å². The zero-order chi connectivity index (χ0) is 13.9. The Morgan fingerprint density at radius 2 is 2.15 bits per heavy atom. The highest BCUT2D eigenvalue weighted by Gasteiger charge is 2.29. The molecular formula is C16H17N3O. The SMILES string of the molecule is C#Cc1ccc2cncn2c1C(N=O)C1CCCCC1. The van der Waals surface area contributed by atoms with Crippen molar-refractivity contribution in [1.29, 1.82) is 0 Å². The number of fused-ring (bicyclic) bond motifs is 1. The number of terminal acetylenes is 1. The first-order valence-electron chi connectivity index (χ1n) is 7.09. The van der Waals surface area contributed by atoms with Gasteiger partial charge in [0.2, 0.25) is 0 Å². The molecule has 1 aliphatic carbocycles. The summed E-state index contributed by atoms with van der Waals surface area (Å²) in [6.45, 7) is 0. The third kappa shape index (κ3) is 2.09. The molecule has 1 aliphatic rings. The zero-order valence-corrected chi connectivity index (χ0v) is 11.3. The van der Waals surface area contributed by atoms with Gasteiger partial charge in [-0.1, -0.05) is 30.4 Å². The number of nitrogens with zero attached hydrogens (tertiary/aromatic N) is 3. The number of rotatable bonds is 3. The fraction of sp³-hybridized carbons (Fsp3) is 0.438. The number of pyridine rings is 1. The van der Waals surface area contributed by atoms with Crippen LogP contribution in [-0.4, -0.2) is 9.38 Å². The van der Waals surface area contributed by atoms with Gasteiger partial charge in [-0.15, -0.1) is 6.42 Å². The minimum atomic E-state index is -0.376. The van der Waals surface area contributed by atoms with Crippen molar-refractivity contribution in [2.45, 2.75) is 38.1 Å². The summed E-state index contributed by atoms with van der Waals surface area (Å²) >= 11 is 0. The van der Waals surface area contributed by atoms with Gasteiger partial charge in [0.15, 0.2) is 0 Å². The van der Waals surface area contributed by atoms with Gasteiger partial charge >= 0.3 is 0 Å². The summed E-state index contributed by atoms with van der Waals surface area (Å²) in [6.07, 6.45) is 14.8. The predicted molar refractivity (Wildman–Crippen MR) is 78.2 cm³/mol. The largest absolute Gasteiger partial charge is 0.300 e. The lowest BCUT2D eigenvalue weighted by Gasteiger charge is -2.26. The lowest BCUT2D eigenvalue weighted by molar-refractivity contribution is 0.303. The molecule has 1 fully saturated rings. The normalized spacial score (nSPS) is 17.8. The highest BCUT2D eigenvalue weighted by atomic mass is 16.3. The summed E-state index contributed by atoms with van der Waals surface area (Å²) in [5.41, 5.74) is 2.51. The molecule has 1 unspecified atom stereocenters. The van der Waals surface area contributed by atoms with E-state index in [2.05, 4.69) is 16.1 Å². The average Bonchev–Trinajstić information content (AvgIpc) is 2.98. The molecule has 0 aliphatic heterocycles. The van der Waals surface area contributed by atoms with Crippen molar-refractivity contribution in [3.8, 4) is 12.3 Å².